The first-order chi connectivity index (χ1) is 14.4. The largest absolute Gasteiger partial charge is 0.493 e. The molecule has 0 fully saturated rings. The van der Waals surface area contributed by atoms with E-state index in [9.17, 15) is 14.9 Å². The van der Waals surface area contributed by atoms with E-state index in [0.29, 0.717) is 22.8 Å². The number of hydrogen-bond donors (Lipinski definition) is 0. The molecule has 0 atom stereocenters. The van der Waals surface area contributed by atoms with Crippen LogP contribution in [0.25, 0.3) is 6.08 Å². The van der Waals surface area contributed by atoms with Crippen molar-refractivity contribution in [3.05, 3.63) is 57.3 Å². The average Bonchev–Trinajstić information content (AvgIpc) is 3.12. The summed E-state index contributed by atoms with van der Waals surface area (Å²) >= 11 is 0. The Labute approximate surface area is 171 Å². The third-order valence-electron chi connectivity index (χ3n) is 4.23. The van der Waals surface area contributed by atoms with Crippen molar-refractivity contribution in [3.63, 3.8) is 0 Å². The smallest absolute Gasteiger partial charge is 0.363 e. The van der Waals surface area contributed by atoms with Crippen molar-refractivity contribution in [1.82, 2.24) is 0 Å². The molecule has 0 aromatic heterocycles. The van der Waals surface area contributed by atoms with Crippen molar-refractivity contribution in [1.29, 1.82) is 0 Å². The van der Waals surface area contributed by atoms with Crippen LogP contribution in [0.2, 0.25) is 0 Å². The van der Waals surface area contributed by atoms with Crippen LogP contribution in [0.3, 0.4) is 0 Å². The van der Waals surface area contributed by atoms with E-state index in [1.807, 2.05) is 0 Å². The number of methoxy groups -OCH3 is 4. The summed E-state index contributed by atoms with van der Waals surface area (Å²) in [7, 11) is 5.76. The molecule has 1 aliphatic rings. The van der Waals surface area contributed by atoms with Gasteiger partial charge in [0.2, 0.25) is 11.6 Å². The van der Waals surface area contributed by atoms with Gasteiger partial charge >= 0.3 is 11.7 Å². The number of benzene rings is 2. The molecule has 0 N–H and O–H groups in total. The number of hydrogen-bond acceptors (Lipinski definition) is 9. The van der Waals surface area contributed by atoms with Crippen molar-refractivity contribution >= 4 is 23.6 Å². The lowest BCUT2D eigenvalue weighted by molar-refractivity contribution is -0.385. The van der Waals surface area contributed by atoms with Crippen LogP contribution < -0.4 is 18.9 Å². The van der Waals surface area contributed by atoms with Gasteiger partial charge in [-0.05, 0) is 35.9 Å². The predicted octanol–water partition coefficient (Wildman–Crippen LogP) is 2.97. The fourth-order valence-electron chi connectivity index (χ4n) is 2.84. The molecule has 1 heterocycles. The van der Waals surface area contributed by atoms with Gasteiger partial charge in [-0.2, -0.15) is 0 Å². The van der Waals surface area contributed by atoms with Crippen molar-refractivity contribution in [2.75, 3.05) is 28.4 Å². The lowest BCUT2D eigenvalue weighted by Gasteiger charge is -2.12. The van der Waals surface area contributed by atoms with Crippen LogP contribution in [-0.2, 0) is 9.53 Å². The third-order valence-corrected chi connectivity index (χ3v) is 4.23. The van der Waals surface area contributed by atoms with Crippen molar-refractivity contribution in [2.45, 2.75) is 0 Å². The van der Waals surface area contributed by atoms with Gasteiger partial charge in [0.25, 0.3) is 0 Å². The van der Waals surface area contributed by atoms with Gasteiger partial charge in [-0.15, -0.1) is 0 Å². The Bertz CT molecular complexity index is 1050. The summed E-state index contributed by atoms with van der Waals surface area (Å²) in [5, 5.41) is 11.2. The van der Waals surface area contributed by atoms with E-state index in [4.69, 9.17) is 23.7 Å². The summed E-state index contributed by atoms with van der Waals surface area (Å²) in [6.45, 7) is 0. The minimum absolute atomic E-state index is 0.0118. The molecule has 0 amide bonds. The van der Waals surface area contributed by atoms with E-state index in [1.165, 1.54) is 52.7 Å². The first-order valence-corrected chi connectivity index (χ1v) is 8.57. The maximum Gasteiger partial charge on any atom is 0.363 e. The second kappa shape index (κ2) is 8.52. The Morgan fingerprint density at radius 3 is 2.13 bits per heavy atom. The van der Waals surface area contributed by atoms with Gasteiger partial charge in [0.15, 0.2) is 22.9 Å². The van der Waals surface area contributed by atoms with Crippen molar-refractivity contribution < 1.29 is 33.4 Å². The summed E-state index contributed by atoms with van der Waals surface area (Å²) in [4.78, 5) is 27.1. The number of cyclic esters (lactones) is 1. The van der Waals surface area contributed by atoms with E-state index >= 15 is 0 Å². The Morgan fingerprint density at radius 2 is 1.60 bits per heavy atom. The van der Waals surface area contributed by atoms with Gasteiger partial charge in [0.1, 0.15) is 0 Å². The van der Waals surface area contributed by atoms with Gasteiger partial charge in [0, 0.05) is 11.6 Å². The topological polar surface area (TPSA) is 119 Å². The molecule has 2 aromatic carbocycles. The number of rotatable bonds is 7. The van der Waals surface area contributed by atoms with Crippen LogP contribution in [0.1, 0.15) is 11.1 Å². The minimum atomic E-state index is -0.697. The number of ether oxygens (including phenoxy) is 5. The number of carbonyl (C=O) groups excluding carboxylic acids is 1. The Hall–Kier alpha value is -4.08. The molecule has 10 heteroatoms. The van der Waals surface area contributed by atoms with Crippen LogP contribution in [0.4, 0.5) is 5.69 Å². The molecule has 30 heavy (non-hydrogen) atoms. The zero-order valence-electron chi connectivity index (χ0n) is 16.6. The van der Waals surface area contributed by atoms with Crippen LogP contribution in [0, 0.1) is 10.1 Å². The second-order valence-electron chi connectivity index (χ2n) is 5.94. The van der Waals surface area contributed by atoms with Gasteiger partial charge in [-0.1, -0.05) is 0 Å². The highest BCUT2D eigenvalue weighted by Gasteiger charge is 2.27. The number of nitro benzene ring substituents is 1. The van der Waals surface area contributed by atoms with Crippen LogP contribution in [-0.4, -0.2) is 45.2 Å². The maximum atomic E-state index is 12.3. The number of carbonyl (C=O) groups is 1. The lowest BCUT2D eigenvalue weighted by atomic mass is 10.1. The van der Waals surface area contributed by atoms with Crippen LogP contribution in [0.15, 0.2) is 41.0 Å². The van der Waals surface area contributed by atoms with Crippen LogP contribution >= 0.6 is 0 Å². The average molecular weight is 414 g/mol. The monoisotopic (exact) mass is 414 g/mol. The summed E-state index contributed by atoms with van der Waals surface area (Å²) in [5.74, 6) is 0.560. The van der Waals surface area contributed by atoms with Crippen molar-refractivity contribution in [3.8, 4) is 23.0 Å². The molecule has 0 aliphatic carbocycles. The summed E-state index contributed by atoms with van der Waals surface area (Å²) in [6.07, 6.45) is 1.48. The standard InChI is InChI=1S/C20H18N2O8/c1-26-15-6-5-12(10-14(15)22(24)25)19-21-13(20(23)30-19)7-11-8-16(27-2)18(29-4)17(9-11)28-3/h5-10H,1-4H3. The molecule has 0 bridgehead atoms. The number of nitrogens with zero attached hydrogens (tertiary/aromatic N) is 2. The van der Waals surface area contributed by atoms with Gasteiger partial charge in [-0.25, -0.2) is 9.79 Å². The molecule has 0 spiro atoms. The predicted molar refractivity (Wildman–Crippen MR) is 106 cm³/mol. The molecule has 3 rings (SSSR count). The molecule has 0 unspecified atom stereocenters. The number of esters is 1. The lowest BCUT2D eigenvalue weighted by Crippen LogP contribution is -2.06. The molecular weight excluding hydrogens is 396 g/mol. The summed E-state index contributed by atoms with van der Waals surface area (Å²) in [6, 6.07) is 7.44. The van der Waals surface area contributed by atoms with E-state index in [2.05, 4.69) is 4.99 Å². The minimum Gasteiger partial charge on any atom is -0.493 e. The highest BCUT2D eigenvalue weighted by atomic mass is 16.6. The Morgan fingerprint density at radius 1 is 0.967 bits per heavy atom. The third kappa shape index (κ3) is 3.88. The molecule has 0 saturated carbocycles. The molecule has 0 radical (unpaired) electrons. The zero-order chi connectivity index (χ0) is 21.8. The zero-order valence-corrected chi connectivity index (χ0v) is 16.6. The highest BCUT2D eigenvalue weighted by Crippen LogP contribution is 2.39. The fraction of sp³-hybridized carbons (Fsp3) is 0.200. The van der Waals surface area contributed by atoms with E-state index in [-0.39, 0.29) is 28.6 Å². The summed E-state index contributed by atoms with van der Waals surface area (Å²) < 4.78 is 26.0. The molecular formula is C20H18N2O8. The van der Waals surface area contributed by atoms with E-state index in [1.54, 1.807) is 12.1 Å². The highest BCUT2D eigenvalue weighted by molar-refractivity contribution is 6.13. The van der Waals surface area contributed by atoms with Gasteiger partial charge in [-0.3, -0.25) is 10.1 Å². The van der Waals surface area contributed by atoms with Gasteiger partial charge < -0.3 is 23.7 Å². The fourth-order valence-corrected chi connectivity index (χ4v) is 2.84. The molecule has 2 aromatic rings. The van der Waals surface area contributed by atoms with E-state index in [0.717, 1.165) is 0 Å². The number of aliphatic imine (C=N–C) groups is 1. The van der Waals surface area contributed by atoms with Crippen LogP contribution in [0.5, 0.6) is 23.0 Å². The van der Waals surface area contributed by atoms with Gasteiger partial charge in [0.05, 0.1) is 33.4 Å². The quantitative estimate of drug-likeness (QED) is 0.294. The van der Waals surface area contributed by atoms with E-state index < -0.39 is 10.9 Å². The molecule has 0 saturated heterocycles. The number of nitro groups is 1. The first-order valence-electron chi connectivity index (χ1n) is 8.57. The molecule has 156 valence electrons. The Balaban J connectivity index is 2.01. The Kier molecular flexibility index (Phi) is 5.86. The molecule has 10 nitrogen and oxygen atoms in total. The first kappa shape index (κ1) is 20.6. The maximum absolute atomic E-state index is 12.3. The normalized spacial score (nSPS) is 14.2. The SMILES string of the molecule is COc1ccc(C2=NC(=Cc3cc(OC)c(OC)c(OC)c3)C(=O)O2)cc1[N+](=O)[O-]. The van der Waals surface area contributed by atoms with Crippen molar-refractivity contribution in [2.24, 2.45) is 4.99 Å². The summed E-state index contributed by atoms with van der Waals surface area (Å²) in [5.41, 5.74) is 0.569. The second-order valence-corrected chi connectivity index (χ2v) is 5.94. The molecule has 1 aliphatic heterocycles.